The molecule has 0 spiro atoms. The molecule has 1 N–H and O–H groups in total. The van der Waals surface area contributed by atoms with Gasteiger partial charge in [-0.05, 0) is 38.5 Å². The van der Waals surface area contributed by atoms with E-state index in [-0.39, 0.29) is 11.4 Å². The fraction of sp³-hybridized carbons (Fsp3) is 0.188. The minimum Gasteiger partial charge on any atom is -0.272 e. The first-order valence-electron chi connectivity index (χ1n) is 7.01. The van der Waals surface area contributed by atoms with Crippen LogP contribution in [-0.4, -0.2) is 16.1 Å². The number of nitro groups is 2. The Balaban J connectivity index is 2.83. The normalized spacial score (nSPS) is 11.7. The predicted molar refractivity (Wildman–Crippen MR) is 94.2 cm³/mol. The number of anilines is 1. The highest BCUT2D eigenvalue weighted by Crippen LogP contribution is 2.28. The minimum atomic E-state index is -0.700. The van der Waals surface area contributed by atoms with Gasteiger partial charge in [-0.2, -0.15) is 5.10 Å². The molecule has 0 radical (unpaired) electrons. The number of benzene rings is 1. The number of hydrogen-bond acceptors (Lipinski definition) is 6. The fourth-order valence-electron chi connectivity index (χ4n) is 1.59. The monoisotopic (exact) mass is 330 g/mol. The highest BCUT2D eigenvalue weighted by molar-refractivity contribution is 5.75. The third kappa shape index (κ3) is 6.22. The second-order valence-electron chi connectivity index (χ2n) is 5.12. The Labute approximate surface area is 139 Å². The average Bonchev–Trinajstić information content (AvgIpc) is 2.50. The van der Waals surface area contributed by atoms with Gasteiger partial charge in [-0.3, -0.25) is 25.7 Å². The number of allylic oxidation sites excluding steroid dienone is 6. The predicted octanol–water partition coefficient (Wildman–Crippen LogP) is 4.37. The fourth-order valence-corrected chi connectivity index (χ4v) is 1.59. The summed E-state index contributed by atoms with van der Waals surface area (Å²) in [5.41, 5.74) is 3.95. The van der Waals surface area contributed by atoms with E-state index in [0.717, 1.165) is 11.6 Å². The van der Waals surface area contributed by atoms with Crippen molar-refractivity contribution in [2.45, 2.75) is 20.8 Å². The zero-order valence-corrected chi connectivity index (χ0v) is 13.6. The first-order valence-corrected chi connectivity index (χ1v) is 7.01. The molecule has 0 amide bonds. The van der Waals surface area contributed by atoms with Crippen LogP contribution >= 0.6 is 0 Å². The largest absolute Gasteiger partial charge is 0.301 e. The maximum atomic E-state index is 11.0. The van der Waals surface area contributed by atoms with Gasteiger partial charge in [0.25, 0.3) is 5.69 Å². The van der Waals surface area contributed by atoms with Crippen molar-refractivity contribution in [1.29, 1.82) is 0 Å². The van der Waals surface area contributed by atoms with Crippen LogP contribution in [0.1, 0.15) is 20.8 Å². The highest BCUT2D eigenvalue weighted by atomic mass is 16.6. The van der Waals surface area contributed by atoms with E-state index in [9.17, 15) is 20.2 Å². The molecule has 0 aliphatic carbocycles. The molecule has 0 saturated carbocycles. The Morgan fingerprint density at radius 2 is 1.83 bits per heavy atom. The van der Waals surface area contributed by atoms with Crippen LogP contribution in [-0.2, 0) is 0 Å². The van der Waals surface area contributed by atoms with Crippen molar-refractivity contribution in [3.63, 3.8) is 0 Å². The van der Waals surface area contributed by atoms with E-state index < -0.39 is 15.5 Å². The van der Waals surface area contributed by atoms with Crippen molar-refractivity contribution in [2.24, 2.45) is 5.10 Å². The number of non-ortho nitro benzene ring substituents is 1. The van der Waals surface area contributed by atoms with Gasteiger partial charge in [-0.15, -0.1) is 0 Å². The van der Waals surface area contributed by atoms with Crippen molar-refractivity contribution >= 4 is 23.3 Å². The molecule has 8 heteroatoms. The molecule has 24 heavy (non-hydrogen) atoms. The SMILES string of the molecule is CC(C)=CC=CC(C)=CC=NNc1ccc([N+](=O)[O-])cc1[N+](=O)[O-]. The van der Waals surface area contributed by atoms with Crippen molar-refractivity contribution in [3.8, 4) is 0 Å². The Kier molecular flexibility index (Phi) is 7.02. The van der Waals surface area contributed by atoms with Crippen LogP contribution in [0.15, 0.2) is 58.8 Å². The molecule has 0 fully saturated rings. The van der Waals surface area contributed by atoms with Gasteiger partial charge in [0.05, 0.1) is 15.9 Å². The zero-order valence-electron chi connectivity index (χ0n) is 13.6. The quantitative estimate of drug-likeness (QED) is 0.345. The summed E-state index contributed by atoms with van der Waals surface area (Å²) >= 11 is 0. The van der Waals surface area contributed by atoms with E-state index in [4.69, 9.17) is 0 Å². The minimum absolute atomic E-state index is 0.0768. The van der Waals surface area contributed by atoms with Gasteiger partial charge in [0, 0.05) is 12.3 Å². The topological polar surface area (TPSA) is 111 Å². The first-order chi connectivity index (χ1) is 11.3. The lowest BCUT2D eigenvalue weighted by Gasteiger charge is -2.01. The molecule has 0 aliphatic heterocycles. The van der Waals surface area contributed by atoms with Gasteiger partial charge >= 0.3 is 5.69 Å². The zero-order chi connectivity index (χ0) is 18.1. The molecule has 1 aromatic rings. The maximum absolute atomic E-state index is 11.0. The van der Waals surface area contributed by atoms with E-state index in [0.29, 0.717) is 0 Å². The number of hydrogen-bond donors (Lipinski definition) is 1. The lowest BCUT2D eigenvalue weighted by molar-refractivity contribution is -0.393. The standard InChI is InChI=1S/C16H18N4O4/c1-12(2)5-4-6-13(3)9-10-17-18-15-8-7-14(19(21)22)11-16(15)20(23)24/h4-11,18H,1-3H3. The van der Waals surface area contributed by atoms with Crippen LogP contribution in [0.4, 0.5) is 17.1 Å². The molecule has 0 bridgehead atoms. The molecule has 0 saturated heterocycles. The van der Waals surface area contributed by atoms with E-state index in [1.165, 1.54) is 23.9 Å². The van der Waals surface area contributed by atoms with Gasteiger partial charge in [0.2, 0.25) is 0 Å². The second-order valence-corrected chi connectivity index (χ2v) is 5.12. The lowest BCUT2D eigenvalue weighted by Crippen LogP contribution is -1.98. The smallest absolute Gasteiger partial charge is 0.272 e. The van der Waals surface area contributed by atoms with Crippen molar-refractivity contribution < 1.29 is 9.85 Å². The summed E-state index contributed by atoms with van der Waals surface area (Å²) in [7, 11) is 0. The summed E-state index contributed by atoms with van der Waals surface area (Å²) in [5, 5.41) is 25.5. The molecule has 0 unspecified atom stereocenters. The third-order valence-electron chi connectivity index (χ3n) is 2.77. The molecular weight excluding hydrogens is 312 g/mol. The summed E-state index contributed by atoms with van der Waals surface area (Å²) in [6.07, 6.45) is 8.94. The molecular formula is C16H18N4O4. The van der Waals surface area contributed by atoms with Gasteiger partial charge in [0.1, 0.15) is 5.69 Å². The van der Waals surface area contributed by atoms with Crippen LogP contribution < -0.4 is 5.43 Å². The first kappa shape index (κ1) is 18.8. The van der Waals surface area contributed by atoms with Crippen molar-refractivity contribution in [1.82, 2.24) is 0 Å². The number of nitro benzene ring substituents is 2. The summed E-state index contributed by atoms with van der Waals surface area (Å²) in [4.78, 5) is 20.3. The Bertz CT molecular complexity index is 744. The number of nitrogens with one attached hydrogen (secondary N) is 1. The summed E-state index contributed by atoms with van der Waals surface area (Å²) in [6.45, 7) is 5.87. The van der Waals surface area contributed by atoms with E-state index in [1.807, 2.05) is 39.0 Å². The van der Waals surface area contributed by atoms with Crippen LogP contribution in [0.5, 0.6) is 0 Å². The number of nitrogens with zero attached hydrogens (tertiary/aromatic N) is 3. The van der Waals surface area contributed by atoms with E-state index >= 15 is 0 Å². The van der Waals surface area contributed by atoms with E-state index in [1.54, 1.807) is 6.08 Å². The number of rotatable bonds is 7. The van der Waals surface area contributed by atoms with E-state index in [2.05, 4.69) is 10.5 Å². The van der Waals surface area contributed by atoms with Crippen molar-refractivity contribution in [3.05, 3.63) is 73.9 Å². The Morgan fingerprint density at radius 1 is 1.12 bits per heavy atom. The van der Waals surface area contributed by atoms with Crippen LogP contribution in [0.25, 0.3) is 0 Å². The maximum Gasteiger partial charge on any atom is 0.301 e. The van der Waals surface area contributed by atoms with Crippen molar-refractivity contribution in [2.75, 3.05) is 5.43 Å². The molecule has 1 aromatic carbocycles. The van der Waals surface area contributed by atoms with Gasteiger partial charge in [-0.25, -0.2) is 0 Å². The molecule has 126 valence electrons. The highest BCUT2D eigenvalue weighted by Gasteiger charge is 2.18. The third-order valence-corrected chi connectivity index (χ3v) is 2.77. The molecule has 8 nitrogen and oxygen atoms in total. The molecule has 0 aliphatic rings. The second kappa shape index (κ2) is 8.99. The molecule has 1 rings (SSSR count). The molecule has 0 atom stereocenters. The van der Waals surface area contributed by atoms with Crippen LogP contribution in [0.3, 0.4) is 0 Å². The summed E-state index contributed by atoms with van der Waals surface area (Å²) in [5.74, 6) is 0. The van der Waals surface area contributed by atoms with Crippen LogP contribution in [0, 0.1) is 20.2 Å². The van der Waals surface area contributed by atoms with Gasteiger partial charge in [0.15, 0.2) is 0 Å². The number of hydrazone groups is 1. The Morgan fingerprint density at radius 3 is 2.42 bits per heavy atom. The molecule has 0 heterocycles. The molecule has 0 aromatic heterocycles. The van der Waals surface area contributed by atoms with Gasteiger partial charge in [-0.1, -0.05) is 23.8 Å². The van der Waals surface area contributed by atoms with Gasteiger partial charge < -0.3 is 0 Å². The summed E-state index contributed by atoms with van der Waals surface area (Å²) in [6, 6.07) is 3.31. The van der Waals surface area contributed by atoms with Crippen LogP contribution in [0.2, 0.25) is 0 Å². The summed E-state index contributed by atoms with van der Waals surface area (Å²) < 4.78 is 0. The average molecular weight is 330 g/mol. The Hall–Kier alpha value is -3.29. The lowest BCUT2D eigenvalue weighted by atomic mass is 10.2.